The molecule has 0 spiro atoms. The first-order chi connectivity index (χ1) is 9.49. The number of nitrogens with two attached hydrogens (primary N) is 1. The molecule has 0 bridgehead atoms. The number of benzene rings is 2. The zero-order valence-electron chi connectivity index (χ0n) is 10.9. The average Bonchev–Trinajstić information content (AvgIpc) is 2.37. The van der Waals surface area contributed by atoms with Gasteiger partial charge in [0.05, 0.1) is 7.11 Å². The predicted molar refractivity (Wildman–Crippen MR) is 75.0 cm³/mol. The lowest BCUT2D eigenvalue weighted by molar-refractivity contribution is 0.405. The molecule has 0 heterocycles. The van der Waals surface area contributed by atoms with Crippen LogP contribution < -0.4 is 10.5 Å². The molecule has 2 rings (SSSR count). The first kappa shape index (κ1) is 14.8. The van der Waals surface area contributed by atoms with Crippen LogP contribution in [0.1, 0.15) is 17.2 Å². The van der Waals surface area contributed by atoms with Crippen molar-refractivity contribution in [1.29, 1.82) is 0 Å². The summed E-state index contributed by atoms with van der Waals surface area (Å²) in [5, 5.41) is 0.537. The Morgan fingerprint density at radius 3 is 2.40 bits per heavy atom. The third kappa shape index (κ3) is 3.46. The Balaban J connectivity index is 2.25. The Morgan fingerprint density at radius 2 is 1.80 bits per heavy atom. The largest absolute Gasteiger partial charge is 0.496 e. The van der Waals surface area contributed by atoms with E-state index in [0.29, 0.717) is 22.8 Å². The number of methoxy groups -OCH3 is 1. The van der Waals surface area contributed by atoms with Crippen LogP contribution >= 0.6 is 11.6 Å². The summed E-state index contributed by atoms with van der Waals surface area (Å²) in [4.78, 5) is 0. The third-order valence-corrected chi connectivity index (χ3v) is 3.21. The molecule has 0 fully saturated rings. The number of ether oxygens (including phenoxy) is 1. The molecule has 0 saturated heterocycles. The molecule has 2 nitrogen and oxygen atoms in total. The summed E-state index contributed by atoms with van der Waals surface area (Å²) in [5.74, 6) is -0.674. The Hall–Kier alpha value is -1.65. The monoisotopic (exact) mass is 297 g/mol. The highest BCUT2D eigenvalue weighted by molar-refractivity contribution is 6.30. The van der Waals surface area contributed by atoms with Crippen LogP contribution in [0.3, 0.4) is 0 Å². The fourth-order valence-electron chi connectivity index (χ4n) is 2.08. The molecular formula is C15H14ClF2NO. The predicted octanol–water partition coefficient (Wildman–Crippen LogP) is 3.87. The molecule has 2 aromatic carbocycles. The fraction of sp³-hybridized carbons (Fsp3) is 0.200. The maximum absolute atomic E-state index is 13.2. The van der Waals surface area contributed by atoms with Crippen molar-refractivity contribution in [3.63, 3.8) is 0 Å². The SMILES string of the molecule is COc1cc(Cl)ccc1C(N)Cc1cc(F)cc(F)c1. The van der Waals surface area contributed by atoms with Crippen molar-refractivity contribution >= 4 is 11.6 Å². The molecule has 2 aromatic rings. The number of halogens is 3. The van der Waals surface area contributed by atoms with Crippen molar-refractivity contribution in [2.45, 2.75) is 12.5 Å². The van der Waals surface area contributed by atoms with Crippen molar-refractivity contribution in [3.8, 4) is 5.75 Å². The lowest BCUT2D eigenvalue weighted by atomic mass is 9.98. The maximum atomic E-state index is 13.2. The topological polar surface area (TPSA) is 35.2 Å². The van der Waals surface area contributed by atoms with E-state index in [1.165, 1.54) is 19.2 Å². The highest BCUT2D eigenvalue weighted by Gasteiger charge is 2.14. The highest BCUT2D eigenvalue weighted by Crippen LogP contribution is 2.29. The van der Waals surface area contributed by atoms with Crippen molar-refractivity contribution in [2.24, 2.45) is 5.73 Å². The summed E-state index contributed by atoms with van der Waals surface area (Å²) in [5.41, 5.74) is 7.32. The summed E-state index contributed by atoms with van der Waals surface area (Å²) < 4.78 is 31.5. The van der Waals surface area contributed by atoms with Crippen LogP contribution in [0.5, 0.6) is 5.75 Å². The van der Waals surface area contributed by atoms with E-state index < -0.39 is 17.7 Å². The first-order valence-corrected chi connectivity index (χ1v) is 6.41. The van der Waals surface area contributed by atoms with Crippen LogP contribution in [0.15, 0.2) is 36.4 Å². The maximum Gasteiger partial charge on any atom is 0.126 e. The second-order valence-corrected chi connectivity index (χ2v) is 4.91. The van der Waals surface area contributed by atoms with E-state index in [9.17, 15) is 8.78 Å². The fourth-order valence-corrected chi connectivity index (χ4v) is 2.25. The summed E-state index contributed by atoms with van der Waals surface area (Å²) >= 11 is 5.88. The van der Waals surface area contributed by atoms with E-state index in [1.807, 2.05) is 0 Å². The van der Waals surface area contributed by atoms with Crippen LogP contribution in [-0.2, 0) is 6.42 Å². The minimum atomic E-state index is -0.615. The summed E-state index contributed by atoms with van der Waals surface area (Å²) in [6.45, 7) is 0. The first-order valence-electron chi connectivity index (χ1n) is 6.03. The molecule has 0 aliphatic carbocycles. The van der Waals surface area contributed by atoms with Crippen LogP contribution in [0.2, 0.25) is 5.02 Å². The lowest BCUT2D eigenvalue weighted by Gasteiger charge is -2.16. The van der Waals surface area contributed by atoms with E-state index in [0.717, 1.165) is 11.6 Å². The number of rotatable bonds is 4. The molecule has 106 valence electrons. The van der Waals surface area contributed by atoms with Gasteiger partial charge < -0.3 is 10.5 Å². The normalized spacial score (nSPS) is 12.2. The minimum absolute atomic E-state index is 0.298. The molecule has 0 aromatic heterocycles. The van der Waals surface area contributed by atoms with Crippen LogP contribution in [-0.4, -0.2) is 7.11 Å². The molecule has 0 radical (unpaired) electrons. The molecule has 0 amide bonds. The molecule has 1 atom stereocenters. The van der Waals surface area contributed by atoms with Gasteiger partial charge in [-0.1, -0.05) is 17.7 Å². The molecule has 0 aliphatic heterocycles. The summed E-state index contributed by atoms with van der Waals surface area (Å²) in [6.07, 6.45) is 0.298. The van der Waals surface area contributed by atoms with E-state index in [1.54, 1.807) is 18.2 Å². The molecular weight excluding hydrogens is 284 g/mol. The van der Waals surface area contributed by atoms with Gasteiger partial charge in [-0.2, -0.15) is 0 Å². The van der Waals surface area contributed by atoms with Crippen molar-refractivity contribution in [3.05, 3.63) is 64.2 Å². The van der Waals surface area contributed by atoms with Crippen LogP contribution in [0.4, 0.5) is 8.78 Å². The van der Waals surface area contributed by atoms with Crippen molar-refractivity contribution < 1.29 is 13.5 Å². The van der Waals surface area contributed by atoms with E-state index >= 15 is 0 Å². The molecule has 1 unspecified atom stereocenters. The molecule has 0 aliphatic rings. The molecule has 0 saturated carbocycles. The van der Waals surface area contributed by atoms with E-state index in [4.69, 9.17) is 22.1 Å². The molecule has 5 heteroatoms. The average molecular weight is 298 g/mol. The summed E-state index contributed by atoms with van der Waals surface area (Å²) in [7, 11) is 1.52. The van der Waals surface area contributed by atoms with Gasteiger partial charge in [0.25, 0.3) is 0 Å². The van der Waals surface area contributed by atoms with Gasteiger partial charge in [-0.3, -0.25) is 0 Å². The standard InChI is InChI=1S/C15H14ClF2NO/c1-20-15-7-10(16)2-3-13(15)14(19)6-9-4-11(17)8-12(18)5-9/h2-5,7-8,14H,6,19H2,1H3. The van der Waals surface area contributed by atoms with Crippen molar-refractivity contribution in [1.82, 2.24) is 0 Å². The Kier molecular flexibility index (Phi) is 4.57. The summed E-state index contributed by atoms with van der Waals surface area (Å²) in [6, 6.07) is 8.04. The molecule has 20 heavy (non-hydrogen) atoms. The Bertz CT molecular complexity index is 599. The number of hydrogen-bond donors (Lipinski definition) is 1. The quantitative estimate of drug-likeness (QED) is 0.930. The van der Waals surface area contributed by atoms with Gasteiger partial charge in [0, 0.05) is 22.7 Å². The van der Waals surface area contributed by atoms with Gasteiger partial charge in [-0.05, 0) is 36.2 Å². The smallest absolute Gasteiger partial charge is 0.126 e. The number of hydrogen-bond acceptors (Lipinski definition) is 2. The second-order valence-electron chi connectivity index (χ2n) is 4.47. The van der Waals surface area contributed by atoms with Gasteiger partial charge in [0.2, 0.25) is 0 Å². The zero-order valence-corrected chi connectivity index (χ0v) is 11.6. The van der Waals surface area contributed by atoms with Gasteiger partial charge in [-0.25, -0.2) is 8.78 Å². The van der Waals surface area contributed by atoms with E-state index in [2.05, 4.69) is 0 Å². The van der Waals surface area contributed by atoms with Crippen LogP contribution in [0.25, 0.3) is 0 Å². The lowest BCUT2D eigenvalue weighted by Crippen LogP contribution is -2.14. The van der Waals surface area contributed by atoms with Crippen LogP contribution in [0, 0.1) is 11.6 Å². The second kappa shape index (κ2) is 6.20. The third-order valence-electron chi connectivity index (χ3n) is 2.97. The zero-order chi connectivity index (χ0) is 14.7. The van der Waals surface area contributed by atoms with Gasteiger partial charge >= 0.3 is 0 Å². The minimum Gasteiger partial charge on any atom is -0.496 e. The van der Waals surface area contributed by atoms with Gasteiger partial charge in [-0.15, -0.1) is 0 Å². The van der Waals surface area contributed by atoms with Gasteiger partial charge in [0.1, 0.15) is 17.4 Å². The van der Waals surface area contributed by atoms with E-state index in [-0.39, 0.29) is 0 Å². The molecule has 2 N–H and O–H groups in total. The van der Waals surface area contributed by atoms with Crippen molar-refractivity contribution in [2.75, 3.05) is 7.11 Å². The van der Waals surface area contributed by atoms with Gasteiger partial charge in [0.15, 0.2) is 0 Å². The Morgan fingerprint density at radius 1 is 1.15 bits per heavy atom. The Labute approximate surface area is 121 Å². The highest BCUT2D eigenvalue weighted by atomic mass is 35.5.